The predicted molar refractivity (Wildman–Crippen MR) is 351 cm³/mol. The molecule has 0 aromatic heterocycles. The SMILES string of the molecule is O=C(O[C@@H]1[C@@H](OC(=O)c2ccccc2)[C@H](OCCCCCN(Cc2ccccc2)C(=O)OCc2ccccc2)O[C@H](COCc2ccccc2)[C@H]1O[C@@H]1O[C@@H]2COC(c3ccccc3)O[C@H]2[C@H](OCc2ccc3ccccc3c2)[C@H]1OC(=O)c1ccccc1)c1ccccc1. The largest absolute Gasteiger partial charge is 0.452 e. The number of esters is 3. The van der Waals surface area contributed by atoms with E-state index in [9.17, 15) is 19.2 Å². The minimum atomic E-state index is -1.56. The van der Waals surface area contributed by atoms with E-state index < -0.39 is 91.7 Å². The first-order chi connectivity index (χ1) is 46.8. The van der Waals surface area contributed by atoms with Gasteiger partial charge in [-0.25, -0.2) is 19.2 Å². The van der Waals surface area contributed by atoms with Gasteiger partial charge in [-0.3, -0.25) is 0 Å². The van der Waals surface area contributed by atoms with Crippen molar-refractivity contribution in [2.45, 2.75) is 113 Å². The lowest BCUT2D eigenvalue weighted by atomic mass is 9.95. The van der Waals surface area contributed by atoms with Gasteiger partial charge >= 0.3 is 24.0 Å². The lowest BCUT2D eigenvalue weighted by Gasteiger charge is -2.51. The summed E-state index contributed by atoms with van der Waals surface area (Å²) in [7, 11) is 0. The van der Waals surface area contributed by atoms with Gasteiger partial charge < -0.3 is 61.7 Å². The smallest absolute Gasteiger partial charge is 0.410 e. The zero-order valence-corrected chi connectivity index (χ0v) is 52.4. The number of carbonyl (C=O) groups is 4. The van der Waals surface area contributed by atoms with Crippen LogP contribution >= 0.6 is 0 Å². The Labute approximate surface area is 552 Å². The van der Waals surface area contributed by atoms with Crippen LogP contribution in [0.2, 0.25) is 0 Å². The lowest BCUT2D eigenvalue weighted by Crippen LogP contribution is -2.67. The highest BCUT2D eigenvalue weighted by atomic mass is 16.8. The molecule has 9 aromatic rings. The highest BCUT2D eigenvalue weighted by Gasteiger charge is 2.58. The third kappa shape index (κ3) is 17.7. The van der Waals surface area contributed by atoms with Crippen LogP contribution in [0.15, 0.2) is 255 Å². The summed E-state index contributed by atoms with van der Waals surface area (Å²) in [4.78, 5) is 59.6. The summed E-state index contributed by atoms with van der Waals surface area (Å²) in [5.74, 6) is -2.28. The van der Waals surface area contributed by atoms with Crippen LogP contribution in [-0.2, 0) is 83.2 Å². The molecular weight excluding hydrogens is 1210 g/mol. The van der Waals surface area contributed by atoms with Crippen LogP contribution < -0.4 is 0 Å². The molecule has 17 nitrogen and oxygen atoms in total. The number of nitrogens with zero attached hydrogens (tertiary/aromatic N) is 1. The van der Waals surface area contributed by atoms with Gasteiger partial charge in [0.1, 0.15) is 37.1 Å². The summed E-state index contributed by atoms with van der Waals surface area (Å²) < 4.78 is 80.6. The number of rotatable bonds is 27. The molecule has 0 bridgehead atoms. The van der Waals surface area contributed by atoms with E-state index in [0.29, 0.717) is 32.4 Å². The van der Waals surface area contributed by atoms with Crippen molar-refractivity contribution in [1.82, 2.24) is 4.90 Å². The second-order valence-electron chi connectivity index (χ2n) is 23.4. The van der Waals surface area contributed by atoms with Crippen LogP contribution in [-0.4, -0.2) is 117 Å². The summed E-state index contributed by atoms with van der Waals surface area (Å²) in [6.45, 7) is 0.858. The van der Waals surface area contributed by atoms with Crippen molar-refractivity contribution in [1.29, 1.82) is 0 Å². The molecule has 3 aliphatic heterocycles. The summed E-state index contributed by atoms with van der Waals surface area (Å²) >= 11 is 0. The van der Waals surface area contributed by atoms with Gasteiger partial charge in [-0.1, -0.05) is 212 Å². The monoisotopic (exact) mass is 1280 g/mol. The molecule has 0 radical (unpaired) electrons. The summed E-state index contributed by atoms with van der Waals surface area (Å²) in [5.41, 5.74) is 4.86. The maximum Gasteiger partial charge on any atom is 0.410 e. The summed E-state index contributed by atoms with van der Waals surface area (Å²) in [6.07, 6.45) is -12.8. The lowest BCUT2D eigenvalue weighted by molar-refractivity contribution is -0.388. The van der Waals surface area contributed by atoms with Crippen LogP contribution in [0.1, 0.15) is 84.4 Å². The minimum absolute atomic E-state index is 0.0207. The minimum Gasteiger partial charge on any atom is -0.452 e. The van der Waals surface area contributed by atoms with E-state index in [2.05, 4.69) is 0 Å². The first-order valence-electron chi connectivity index (χ1n) is 32.1. The quantitative estimate of drug-likeness (QED) is 0.0269. The second-order valence-corrected chi connectivity index (χ2v) is 23.4. The maximum atomic E-state index is 14.9. The molecule has 0 N–H and O–H groups in total. The third-order valence-electron chi connectivity index (χ3n) is 16.7. The molecule has 0 aliphatic carbocycles. The fraction of sp³-hybridized carbons (Fsp3) is 0.282. The van der Waals surface area contributed by atoms with Crippen LogP contribution in [0.5, 0.6) is 0 Å². The molecule has 12 rings (SSSR count). The molecule has 1 amide bonds. The molecule has 488 valence electrons. The summed E-state index contributed by atoms with van der Waals surface area (Å²) in [6, 6.07) is 77.6. The average molecular weight is 1280 g/mol. The number of hydrogen-bond donors (Lipinski definition) is 0. The normalized spacial score (nSPS) is 22.3. The van der Waals surface area contributed by atoms with Crippen molar-refractivity contribution >= 4 is 34.8 Å². The molecule has 3 aliphatic rings. The molecule has 11 atom stereocenters. The topological polar surface area (TPSA) is 182 Å². The average Bonchev–Trinajstić information content (AvgIpc) is 0.790. The number of benzene rings is 9. The highest BCUT2D eigenvalue weighted by Crippen LogP contribution is 2.40. The van der Waals surface area contributed by atoms with Crippen LogP contribution in [0.4, 0.5) is 4.79 Å². The molecule has 9 aromatic carbocycles. The molecule has 1 unspecified atom stereocenters. The molecule has 0 spiro atoms. The Hall–Kier alpha value is -9.40. The summed E-state index contributed by atoms with van der Waals surface area (Å²) in [5, 5.41) is 2.04. The van der Waals surface area contributed by atoms with Crippen LogP contribution in [0.3, 0.4) is 0 Å². The Balaban J connectivity index is 0.881. The van der Waals surface area contributed by atoms with E-state index in [1.165, 1.54) is 0 Å². The Morgan fingerprint density at radius 2 is 0.958 bits per heavy atom. The van der Waals surface area contributed by atoms with Crippen molar-refractivity contribution in [3.05, 3.63) is 299 Å². The number of fused-ring (bicyclic) bond motifs is 2. The maximum absolute atomic E-state index is 14.9. The standard InChI is InChI=1S/C78H75NO16/c80-72(59-34-15-4-16-35-59)91-69-67(95-77-70(92-73(81)60-36-17-5-18-37-60)68(86-51-57-43-44-58-33-23-24-42-63(58)47-57)66-65(90-77)53-87-75(94-66)62-40-21-7-22-41-62)64(52-84-49-55-29-11-2-12-30-55)89-76(71(69)93-74(82)61-38-19-6-20-39-61)85-46-26-8-25-45-79(48-54-27-9-1-10-28-54)78(83)88-50-56-31-13-3-14-32-56/h1-7,9-24,27-44,47,64-71,75-77H,8,25-26,45-46,48-53H2/t64-,65-,66-,67-,68+,69+,70-,71-,75?,76-,77+/m1/s1. The van der Waals surface area contributed by atoms with Crippen molar-refractivity contribution in [3.8, 4) is 0 Å². The first kappa shape index (κ1) is 65.7. The molecule has 3 heterocycles. The Kier molecular flexibility index (Phi) is 22.9. The van der Waals surface area contributed by atoms with Gasteiger partial charge in [0.05, 0.1) is 43.1 Å². The van der Waals surface area contributed by atoms with E-state index >= 15 is 0 Å². The molecule has 3 saturated heterocycles. The highest BCUT2D eigenvalue weighted by molar-refractivity contribution is 5.91. The predicted octanol–water partition coefficient (Wildman–Crippen LogP) is 13.6. The Morgan fingerprint density at radius 3 is 1.57 bits per heavy atom. The van der Waals surface area contributed by atoms with Gasteiger partial charge in [-0.15, -0.1) is 0 Å². The number of ether oxygens (including phenoxy) is 12. The zero-order chi connectivity index (χ0) is 65.0. The van der Waals surface area contributed by atoms with E-state index in [0.717, 1.165) is 38.6 Å². The van der Waals surface area contributed by atoms with Crippen molar-refractivity contribution in [3.63, 3.8) is 0 Å². The van der Waals surface area contributed by atoms with Gasteiger partial charge in [0.2, 0.25) is 0 Å². The number of amides is 1. The van der Waals surface area contributed by atoms with Crippen molar-refractivity contribution in [2.75, 3.05) is 26.4 Å². The molecule has 0 saturated carbocycles. The van der Waals surface area contributed by atoms with E-state index in [4.69, 9.17) is 56.8 Å². The molecule has 3 fully saturated rings. The Morgan fingerprint density at radius 1 is 0.432 bits per heavy atom. The van der Waals surface area contributed by atoms with Gasteiger partial charge in [0.25, 0.3) is 0 Å². The molecule has 17 heteroatoms. The van der Waals surface area contributed by atoms with Gasteiger partial charge in [0, 0.05) is 25.3 Å². The molecular formula is C78H75NO16. The third-order valence-corrected chi connectivity index (χ3v) is 16.7. The first-order valence-corrected chi connectivity index (χ1v) is 32.1. The molecule has 95 heavy (non-hydrogen) atoms. The van der Waals surface area contributed by atoms with Gasteiger partial charge in [-0.05, 0) is 94.8 Å². The van der Waals surface area contributed by atoms with Crippen LogP contribution in [0.25, 0.3) is 10.8 Å². The second kappa shape index (κ2) is 33.1. The van der Waals surface area contributed by atoms with Crippen molar-refractivity contribution < 1.29 is 76.0 Å². The van der Waals surface area contributed by atoms with Crippen LogP contribution in [0, 0.1) is 0 Å². The van der Waals surface area contributed by atoms with E-state index in [-0.39, 0.29) is 56.3 Å². The fourth-order valence-corrected chi connectivity index (χ4v) is 11.8. The fourth-order valence-electron chi connectivity index (χ4n) is 11.8. The number of carbonyl (C=O) groups excluding carboxylic acids is 4. The van der Waals surface area contributed by atoms with Crippen molar-refractivity contribution in [2.24, 2.45) is 0 Å². The number of unbranched alkanes of at least 4 members (excludes halogenated alkanes) is 2. The Bertz CT molecular complexity index is 3860. The van der Waals surface area contributed by atoms with E-state index in [1.54, 1.807) is 95.9 Å². The zero-order valence-electron chi connectivity index (χ0n) is 52.4. The van der Waals surface area contributed by atoms with Gasteiger partial charge in [-0.2, -0.15) is 0 Å². The van der Waals surface area contributed by atoms with E-state index in [1.807, 2.05) is 164 Å². The number of hydrogen-bond acceptors (Lipinski definition) is 16. The van der Waals surface area contributed by atoms with Gasteiger partial charge in [0.15, 0.2) is 37.2 Å².